The normalized spacial score (nSPS) is 18.5. The second kappa shape index (κ2) is 5.97. The number of anilines is 1. The van der Waals surface area contributed by atoms with Gasteiger partial charge in [0.1, 0.15) is 17.2 Å². The molecule has 0 radical (unpaired) electrons. The Kier molecular flexibility index (Phi) is 4.31. The molecule has 1 aliphatic heterocycles. The molecule has 0 bridgehead atoms. The van der Waals surface area contributed by atoms with Gasteiger partial charge in [0.2, 0.25) is 0 Å². The molecule has 104 valence electrons. The Balaban J connectivity index is 2.18. The summed E-state index contributed by atoms with van der Waals surface area (Å²) in [5, 5.41) is 0. The highest BCUT2D eigenvalue weighted by molar-refractivity contribution is 5.95. The number of aromatic nitrogens is 2. The van der Waals surface area contributed by atoms with E-state index in [1.54, 1.807) is 13.8 Å². The van der Waals surface area contributed by atoms with Crippen LogP contribution in [0.2, 0.25) is 0 Å². The lowest BCUT2D eigenvalue weighted by Gasteiger charge is -2.12. The van der Waals surface area contributed by atoms with Gasteiger partial charge >= 0.3 is 5.97 Å². The van der Waals surface area contributed by atoms with Crippen LogP contribution in [0.1, 0.15) is 41.6 Å². The van der Waals surface area contributed by atoms with Crippen molar-refractivity contribution in [3.63, 3.8) is 0 Å². The fourth-order valence-corrected chi connectivity index (χ4v) is 2.21. The first-order valence-corrected chi connectivity index (χ1v) is 6.53. The molecule has 6 nitrogen and oxygen atoms in total. The van der Waals surface area contributed by atoms with E-state index in [0.717, 1.165) is 19.4 Å². The average Bonchev–Trinajstić information content (AvgIpc) is 2.81. The van der Waals surface area contributed by atoms with Crippen LogP contribution in [-0.2, 0) is 15.9 Å². The zero-order valence-electron chi connectivity index (χ0n) is 11.3. The number of ether oxygens (including phenoxy) is 2. The number of rotatable bonds is 4. The second-order valence-electron chi connectivity index (χ2n) is 4.55. The maximum Gasteiger partial charge on any atom is 0.343 e. The number of carbonyl (C=O) groups excluding carboxylic acids is 1. The smallest absolute Gasteiger partial charge is 0.343 e. The van der Waals surface area contributed by atoms with Gasteiger partial charge in [0.25, 0.3) is 0 Å². The van der Waals surface area contributed by atoms with Gasteiger partial charge in [0.05, 0.1) is 18.4 Å². The van der Waals surface area contributed by atoms with Gasteiger partial charge in [-0.2, -0.15) is 0 Å². The molecule has 1 unspecified atom stereocenters. The van der Waals surface area contributed by atoms with Crippen molar-refractivity contribution >= 4 is 11.8 Å². The topological polar surface area (TPSA) is 87.3 Å². The van der Waals surface area contributed by atoms with Crippen molar-refractivity contribution < 1.29 is 14.3 Å². The Labute approximate surface area is 112 Å². The average molecular weight is 265 g/mol. The van der Waals surface area contributed by atoms with Gasteiger partial charge in [0.15, 0.2) is 0 Å². The van der Waals surface area contributed by atoms with Crippen molar-refractivity contribution in [2.75, 3.05) is 18.9 Å². The summed E-state index contributed by atoms with van der Waals surface area (Å²) in [6.07, 6.45) is 2.88. The molecule has 2 heterocycles. The molecule has 19 heavy (non-hydrogen) atoms. The molecule has 1 fully saturated rings. The third-order valence-electron chi connectivity index (χ3n) is 3.08. The molecule has 0 saturated carbocycles. The molecule has 2 rings (SSSR count). The Morgan fingerprint density at radius 2 is 2.32 bits per heavy atom. The van der Waals surface area contributed by atoms with Crippen LogP contribution >= 0.6 is 0 Å². The summed E-state index contributed by atoms with van der Waals surface area (Å²) >= 11 is 0. The predicted octanol–water partition coefficient (Wildman–Crippen LogP) is 1.27. The maximum absolute atomic E-state index is 11.7. The van der Waals surface area contributed by atoms with Crippen molar-refractivity contribution in [3.8, 4) is 0 Å². The van der Waals surface area contributed by atoms with E-state index in [1.165, 1.54) is 0 Å². The number of aryl methyl sites for hydroxylation is 1. The first-order chi connectivity index (χ1) is 9.11. The molecule has 1 aromatic rings. The highest BCUT2D eigenvalue weighted by atomic mass is 16.5. The third kappa shape index (κ3) is 3.20. The van der Waals surface area contributed by atoms with Gasteiger partial charge in [-0.15, -0.1) is 0 Å². The number of esters is 1. The summed E-state index contributed by atoms with van der Waals surface area (Å²) in [5.74, 6) is 0.329. The van der Waals surface area contributed by atoms with Crippen LogP contribution in [0.3, 0.4) is 0 Å². The monoisotopic (exact) mass is 265 g/mol. The fraction of sp³-hybridized carbons (Fsp3) is 0.615. The van der Waals surface area contributed by atoms with E-state index in [1.807, 2.05) is 0 Å². The summed E-state index contributed by atoms with van der Waals surface area (Å²) in [6.45, 7) is 4.58. The number of nitrogen functional groups attached to an aromatic ring is 1. The van der Waals surface area contributed by atoms with E-state index in [2.05, 4.69) is 9.97 Å². The van der Waals surface area contributed by atoms with Crippen LogP contribution in [0.4, 0.5) is 5.82 Å². The molecule has 1 aromatic heterocycles. The lowest BCUT2D eigenvalue weighted by Crippen LogP contribution is -2.17. The minimum absolute atomic E-state index is 0.159. The Morgan fingerprint density at radius 3 is 2.89 bits per heavy atom. The Bertz CT molecular complexity index is 447. The van der Waals surface area contributed by atoms with Crippen molar-refractivity contribution in [3.05, 3.63) is 17.1 Å². The molecular weight excluding hydrogens is 246 g/mol. The quantitative estimate of drug-likeness (QED) is 0.825. The SMILES string of the molecule is CCOC(=O)c1c(C)nc(CC2CCCO2)nc1N. The zero-order chi connectivity index (χ0) is 13.8. The molecule has 0 amide bonds. The van der Waals surface area contributed by atoms with Crippen molar-refractivity contribution in [2.45, 2.75) is 39.2 Å². The summed E-state index contributed by atoms with van der Waals surface area (Å²) < 4.78 is 10.5. The van der Waals surface area contributed by atoms with Crippen molar-refractivity contribution in [1.82, 2.24) is 9.97 Å². The van der Waals surface area contributed by atoms with E-state index >= 15 is 0 Å². The van der Waals surface area contributed by atoms with Crippen LogP contribution < -0.4 is 5.73 Å². The van der Waals surface area contributed by atoms with Gasteiger partial charge in [-0.25, -0.2) is 14.8 Å². The standard InChI is InChI=1S/C13H19N3O3/c1-3-18-13(17)11-8(2)15-10(16-12(11)14)7-9-5-4-6-19-9/h9H,3-7H2,1-2H3,(H2,14,15,16). The zero-order valence-corrected chi connectivity index (χ0v) is 11.3. The molecule has 0 spiro atoms. The molecule has 2 N–H and O–H groups in total. The first-order valence-electron chi connectivity index (χ1n) is 6.53. The van der Waals surface area contributed by atoms with Crippen LogP contribution in [-0.4, -0.2) is 35.3 Å². The minimum Gasteiger partial charge on any atom is -0.462 e. The molecule has 0 aliphatic carbocycles. The van der Waals surface area contributed by atoms with Crippen LogP contribution in [0.5, 0.6) is 0 Å². The molecule has 1 saturated heterocycles. The van der Waals surface area contributed by atoms with E-state index in [4.69, 9.17) is 15.2 Å². The van der Waals surface area contributed by atoms with Gasteiger partial charge in [0, 0.05) is 13.0 Å². The van der Waals surface area contributed by atoms with E-state index < -0.39 is 5.97 Å². The number of nitrogens with zero attached hydrogens (tertiary/aromatic N) is 2. The predicted molar refractivity (Wildman–Crippen MR) is 69.8 cm³/mol. The van der Waals surface area contributed by atoms with E-state index in [-0.39, 0.29) is 17.5 Å². The van der Waals surface area contributed by atoms with Gasteiger partial charge in [-0.3, -0.25) is 0 Å². The summed E-state index contributed by atoms with van der Waals surface area (Å²) in [6, 6.07) is 0. The molecule has 1 atom stereocenters. The van der Waals surface area contributed by atoms with Crippen molar-refractivity contribution in [1.29, 1.82) is 0 Å². The van der Waals surface area contributed by atoms with Gasteiger partial charge < -0.3 is 15.2 Å². The summed E-state index contributed by atoms with van der Waals surface area (Å²) in [7, 11) is 0. The summed E-state index contributed by atoms with van der Waals surface area (Å²) in [4.78, 5) is 20.3. The molecular formula is C13H19N3O3. The Morgan fingerprint density at radius 1 is 1.53 bits per heavy atom. The van der Waals surface area contributed by atoms with E-state index in [0.29, 0.717) is 24.5 Å². The highest BCUT2D eigenvalue weighted by Gasteiger charge is 2.21. The fourth-order valence-electron chi connectivity index (χ4n) is 2.21. The number of carbonyl (C=O) groups is 1. The van der Waals surface area contributed by atoms with Crippen LogP contribution in [0.25, 0.3) is 0 Å². The number of hydrogen-bond donors (Lipinski definition) is 1. The van der Waals surface area contributed by atoms with Gasteiger partial charge in [-0.1, -0.05) is 0 Å². The Hall–Kier alpha value is -1.69. The van der Waals surface area contributed by atoms with Crippen LogP contribution in [0, 0.1) is 6.92 Å². The molecule has 0 aromatic carbocycles. The van der Waals surface area contributed by atoms with Crippen LogP contribution in [0.15, 0.2) is 0 Å². The summed E-state index contributed by atoms with van der Waals surface area (Å²) in [5.41, 5.74) is 6.65. The third-order valence-corrected chi connectivity index (χ3v) is 3.08. The minimum atomic E-state index is -0.471. The van der Waals surface area contributed by atoms with Crippen molar-refractivity contribution in [2.24, 2.45) is 0 Å². The lowest BCUT2D eigenvalue weighted by molar-refractivity contribution is 0.0525. The number of hydrogen-bond acceptors (Lipinski definition) is 6. The lowest BCUT2D eigenvalue weighted by atomic mass is 10.1. The van der Waals surface area contributed by atoms with E-state index in [9.17, 15) is 4.79 Å². The largest absolute Gasteiger partial charge is 0.462 e. The van der Waals surface area contributed by atoms with Gasteiger partial charge in [-0.05, 0) is 26.7 Å². The highest BCUT2D eigenvalue weighted by Crippen LogP contribution is 2.19. The number of nitrogens with two attached hydrogens (primary N) is 1. The molecule has 1 aliphatic rings. The first kappa shape index (κ1) is 13.7. The maximum atomic E-state index is 11.7. The second-order valence-corrected chi connectivity index (χ2v) is 4.55. The molecule has 6 heteroatoms.